The van der Waals surface area contributed by atoms with Crippen molar-refractivity contribution >= 4 is 38.2 Å². The van der Waals surface area contributed by atoms with Crippen LogP contribution in [0.4, 0.5) is 11.4 Å². The summed E-state index contributed by atoms with van der Waals surface area (Å²) in [6.07, 6.45) is 4.39. The summed E-state index contributed by atoms with van der Waals surface area (Å²) in [4.78, 5) is 7.06. The van der Waals surface area contributed by atoms with Gasteiger partial charge in [-0.25, -0.2) is 0 Å². The van der Waals surface area contributed by atoms with Gasteiger partial charge in [-0.05, 0) is 60.1 Å². The maximum Gasteiger partial charge on any atom is 0.0954 e. The first-order valence-electron chi connectivity index (χ1n) is 7.50. The van der Waals surface area contributed by atoms with Crippen molar-refractivity contribution < 1.29 is 0 Å². The Morgan fingerprint density at radius 1 is 1.48 bits per heavy atom. The van der Waals surface area contributed by atoms with Crippen molar-refractivity contribution in [3.63, 3.8) is 0 Å². The SMILES string of the molecule is CCN1CCCC1CNc1ccc(N)c2cc(Br)cnc12. The Hall–Kier alpha value is -1.33. The van der Waals surface area contributed by atoms with Crippen LogP contribution in [0.3, 0.4) is 0 Å². The van der Waals surface area contributed by atoms with Gasteiger partial charge in [-0.1, -0.05) is 6.92 Å². The number of aromatic nitrogens is 1. The quantitative estimate of drug-likeness (QED) is 0.830. The van der Waals surface area contributed by atoms with E-state index in [4.69, 9.17) is 5.73 Å². The monoisotopic (exact) mass is 348 g/mol. The van der Waals surface area contributed by atoms with Crippen LogP contribution in [-0.2, 0) is 0 Å². The molecule has 0 spiro atoms. The van der Waals surface area contributed by atoms with Gasteiger partial charge < -0.3 is 11.1 Å². The molecule has 0 aliphatic carbocycles. The zero-order chi connectivity index (χ0) is 14.8. The number of rotatable bonds is 4. The number of nitrogens with one attached hydrogen (secondary N) is 1. The molecule has 1 aliphatic heterocycles. The van der Waals surface area contributed by atoms with E-state index in [2.05, 4.69) is 38.1 Å². The molecule has 1 saturated heterocycles. The van der Waals surface area contributed by atoms with Gasteiger partial charge in [-0.15, -0.1) is 0 Å². The Morgan fingerprint density at radius 2 is 2.33 bits per heavy atom. The number of nitrogens with zero attached hydrogens (tertiary/aromatic N) is 2. The van der Waals surface area contributed by atoms with E-state index in [1.807, 2.05) is 24.4 Å². The highest BCUT2D eigenvalue weighted by Crippen LogP contribution is 2.29. The molecular formula is C16H21BrN4. The fourth-order valence-corrected chi connectivity index (χ4v) is 3.46. The Labute approximate surface area is 133 Å². The second-order valence-electron chi connectivity index (χ2n) is 5.56. The van der Waals surface area contributed by atoms with Crippen LogP contribution in [0.25, 0.3) is 10.9 Å². The van der Waals surface area contributed by atoms with Crippen LogP contribution in [0.5, 0.6) is 0 Å². The second-order valence-corrected chi connectivity index (χ2v) is 6.47. The van der Waals surface area contributed by atoms with Gasteiger partial charge in [0.05, 0.1) is 11.2 Å². The van der Waals surface area contributed by atoms with Crippen LogP contribution in [0.15, 0.2) is 28.9 Å². The summed E-state index contributed by atoms with van der Waals surface area (Å²) in [6, 6.07) is 6.63. The van der Waals surface area contributed by atoms with Crippen LogP contribution in [0, 0.1) is 0 Å². The van der Waals surface area contributed by atoms with Crippen LogP contribution >= 0.6 is 15.9 Å². The summed E-state index contributed by atoms with van der Waals surface area (Å²) in [5, 5.41) is 4.56. The molecule has 0 amide bonds. The smallest absolute Gasteiger partial charge is 0.0954 e. The average Bonchev–Trinajstić information content (AvgIpc) is 2.94. The fraction of sp³-hybridized carbons (Fsp3) is 0.438. The lowest BCUT2D eigenvalue weighted by atomic mass is 10.1. The molecule has 5 heteroatoms. The van der Waals surface area contributed by atoms with E-state index in [0.29, 0.717) is 6.04 Å². The molecule has 3 N–H and O–H groups in total. The van der Waals surface area contributed by atoms with Crippen molar-refractivity contribution in [1.29, 1.82) is 0 Å². The minimum absolute atomic E-state index is 0.623. The second kappa shape index (κ2) is 6.20. The van der Waals surface area contributed by atoms with Crippen LogP contribution < -0.4 is 11.1 Å². The number of likely N-dealkylation sites (N-methyl/N-ethyl adjacent to an activating group) is 1. The Morgan fingerprint density at radius 3 is 3.14 bits per heavy atom. The van der Waals surface area contributed by atoms with Crippen LogP contribution in [0.2, 0.25) is 0 Å². The van der Waals surface area contributed by atoms with Gasteiger partial charge in [-0.3, -0.25) is 9.88 Å². The molecule has 1 atom stereocenters. The number of halogens is 1. The molecule has 3 rings (SSSR count). The molecule has 1 fully saturated rings. The Bertz CT molecular complexity index is 643. The van der Waals surface area contributed by atoms with Gasteiger partial charge in [-0.2, -0.15) is 0 Å². The first-order valence-corrected chi connectivity index (χ1v) is 8.30. The van der Waals surface area contributed by atoms with Crippen molar-refractivity contribution in [3.05, 3.63) is 28.9 Å². The maximum atomic E-state index is 6.06. The first-order chi connectivity index (χ1) is 10.2. The van der Waals surface area contributed by atoms with E-state index in [-0.39, 0.29) is 0 Å². The third-order valence-corrected chi connectivity index (χ3v) is 4.72. The molecule has 21 heavy (non-hydrogen) atoms. The number of fused-ring (bicyclic) bond motifs is 1. The van der Waals surface area contributed by atoms with Crippen molar-refractivity contribution in [2.45, 2.75) is 25.8 Å². The zero-order valence-corrected chi connectivity index (χ0v) is 13.9. The minimum atomic E-state index is 0.623. The summed E-state index contributed by atoms with van der Waals surface area (Å²) in [5.41, 5.74) is 8.83. The first kappa shape index (κ1) is 14.6. The third kappa shape index (κ3) is 2.99. The summed E-state index contributed by atoms with van der Waals surface area (Å²) in [6.45, 7) is 5.54. The molecule has 1 aromatic carbocycles. The highest BCUT2D eigenvalue weighted by molar-refractivity contribution is 9.10. The molecule has 0 bridgehead atoms. The third-order valence-electron chi connectivity index (χ3n) is 4.28. The summed E-state index contributed by atoms with van der Waals surface area (Å²) in [5.74, 6) is 0. The van der Waals surface area contributed by atoms with Crippen molar-refractivity contribution in [2.24, 2.45) is 0 Å². The Kier molecular flexibility index (Phi) is 4.31. The summed E-state index contributed by atoms with van der Waals surface area (Å²) < 4.78 is 0.951. The highest BCUT2D eigenvalue weighted by Gasteiger charge is 2.22. The van der Waals surface area contributed by atoms with Gasteiger partial charge in [0.2, 0.25) is 0 Å². The minimum Gasteiger partial charge on any atom is -0.398 e. The normalized spacial score (nSPS) is 19.2. The summed E-state index contributed by atoms with van der Waals surface area (Å²) >= 11 is 3.46. The molecule has 1 aromatic heterocycles. The van der Waals surface area contributed by atoms with Gasteiger partial charge in [0.1, 0.15) is 0 Å². The van der Waals surface area contributed by atoms with Gasteiger partial charge in [0.15, 0.2) is 0 Å². The Balaban J connectivity index is 1.83. The fourth-order valence-electron chi connectivity index (χ4n) is 3.13. The number of pyridine rings is 1. The van der Waals surface area contributed by atoms with Crippen LogP contribution in [0.1, 0.15) is 19.8 Å². The lowest BCUT2D eigenvalue weighted by Gasteiger charge is -2.23. The van der Waals surface area contributed by atoms with E-state index in [1.165, 1.54) is 19.4 Å². The van der Waals surface area contributed by atoms with Crippen molar-refractivity contribution in [1.82, 2.24) is 9.88 Å². The number of nitrogen functional groups attached to an aromatic ring is 1. The predicted octanol–water partition coefficient (Wildman–Crippen LogP) is 3.48. The van der Waals surface area contributed by atoms with Gasteiger partial charge in [0, 0.05) is 34.3 Å². The predicted molar refractivity (Wildman–Crippen MR) is 92.6 cm³/mol. The molecule has 1 aliphatic rings. The molecule has 4 nitrogen and oxygen atoms in total. The molecule has 0 radical (unpaired) electrons. The molecule has 0 saturated carbocycles. The molecule has 2 aromatic rings. The van der Waals surface area contributed by atoms with Crippen molar-refractivity contribution in [2.75, 3.05) is 30.7 Å². The standard InChI is InChI=1S/C16H21BrN4/c1-2-21-7-3-4-12(21)10-19-15-6-5-14(18)13-8-11(17)9-20-16(13)15/h5-6,8-9,12,19H,2-4,7,10,18H2,1H3. The zero-order valence-electron chi connectivity index (χ0n) is 12.3. The number of hydrogen-bond acceptors (Lipinski definition) is 4. The molecule has 112 valence electrons. The molecule has 2 heterocycles. The number of nitrogens with two attached hydrogens (primary N) is 1. The average molecular weight is 349 g/mol. The van der Waals surface area contributed by atoms with Crippen LogP contribution in [-0.4, -0.2) is 35.6 Å². The van der Waals surface area contributed by atoms with E-state index < -0.39 is 0 Å². The van der Waals surface area contributed by atoms with E-state index in [1.54, 1.807) is 0 Å². The van der Waals surface area contributed by atoms with Gasteiger partial charge in [0.25, 0.3) is 0 Å². The topological polar surface area (TPSA) is 54.2 Å². The lowest BCUT2D eigenvalue weighted by molar-refractivity contribution is 0.277. The molecular weight excluding hydrogens is 328 g/mol. The molecule has 1 unspecified atom stereocenters. The summed E-state index contributed by atoms with van der Waals surface area (Å²) in [7, 11) is 0. The number of benzene rings is 1. The maximum absolute atomic E-state index is 6.06. The van der Waals surface area contributed by atoms with E-state index >= 15 is 0 Å². The highest BCUT2D eigenvalue weighted by atomic mass is 79.9. The van der Waals surface area contributed by atoms with E-state index in [9.17, 15) is 0 Å². The number of anilines is 2. The van der Waals surface area contributed by atoms with E-state index in [0.717, 1.165) is 39.8 Å². The number of likely N-dealkylation sites (tertiary alicyclic amines) is 1. The largest absolute Gasteiger partial charge is 0.398 e. The van der Waals surface area contributed by atoms with Gasteiger partial charge >= 0.3 is 0 Å². The van der Waals surface area contributed by atoms with Crippen molar-refractivity contribution in [3.8, 4) is 0 Å². The number of hydrogen-bond donors (Lipinski definition) is 2. The lowest BCUT2D eigenvalue weighted by Crippen LogP contribution is -2.34.